The molecular weight excluding hydrogens is 456 g/mol. The molecule has 1 aliphatic rings. The van der Waals surface area contributed by atoms with Crippen LogP contribution in [0.1, 0.15) is 18.2 Å². The summed E-state index contributed by atoms with van der Waals surface area (Å²) < 4.78 is 0. The average molecular weight is 485 g/mol. The van der Waals surface area contributed by atoms with E-state index in [2.05, 4.69) is 62.6 Å². The van der Waals surface area contributed by atoms with Crippen LogP contribution in [0.3, 0.4) is 0 Å². The molecule has 7 heteroatoms. The van der Waals surface area contributed by atoms with E-state index in [1.165, 1.54) is 11.3 Å². The number of aromatic nitrogens is 3. The highest BCUT2D eigenvalue weighted by atomic mass is 35.5. The Kier molecular flexibility index (Phi) is 7.21. The molecule has 6 nitrogen and oxygen atoms in total. The summed E-state index contributed by atoms with van der Waals surface area (Å²) in [5.74, 6) is 1.38. The van der Waals surface area contributed by atoms with E-state index in [0.29, 0.717) is 12.2 Å². The van der Waals surface area contributed by atoms with Crippen molar-refractivity contribution in [1.29, 1.82) is 0 Å². The van der Waals surface area contributed by atoms with E-state index >= 15 is 0 Å². The fourth-order valence-corrected chi connectivity index (χ4v) is 4.61. The molecule has 0 radical (unpaired) electrons. The number of nitrogens with zero attached hydrogens (tertiary/aromatic N) is 5. The normalized spacial score (nSPS) is 15.1. The molecule has 3 aromatic carbocycles. The summed E-state index contributed by atoms with van der Waals surface area (Å²) in [6.45, 7) is 5.95. The lowest BCUT2D eigenvalue weighted by molar-refractivity contribution is 0.214. The third kappa shape index (κ3) is 5.78. The number of nitrogens with one attached hydrogen (secondary N) is 1. The van der Waals surface area contributed by atoms with E-state index < -0.39 is 0 Å². The van der Waals surface area contributed by atoms with Crippen LogP contribution in [-0.4, -0.2) is 52.4 Å². The summed E-state index contributed by atoms with van der Waals surface area (Å²) in [7, 11) is 0. The van der Waals surface area contributed by atoms with Crippen LogP contribution in [0, 0.1) is 0 Å². The van der Waals surface area contributed by atoms with Gasteiger partial charge >= 0.3 is 0 Å². The van der Waals surface area contributed by atoms with Gasteiger partial charge in [0.15, 0.2) is 11.6 Å². The fourth-order valence-electron chi connectivity index (χ4n) is 4.42. The molecule has 35 heavy (non-hydrogen) atoms. The molecule has 1 aliphatic heterocycles. The molecule has 1 N–H and O–H groups in total. The van der Waals surface area contributed by atoms with Crippen molar-refractivity contribution in [3.05, 3.63) is 101 Å². The van der Waals surface area contributed by atoms with Gasteiger partial charge in [0.05, 0.1) is 11.9 Å². The maximum absolute atomic E-state index is 6.19. The minimum atomic E-state index is 0.102. The van der Waals surface area contributed by atoms with E-state index in [0.717, 1.165) is 48.3 Å². The van der Waals surface area contributed by atoms with Crippen molar-refractivity contribution in [1.82, 2.24) is 20.1 Å². The number of hydrogen-bond acceptors (Lipinski definition) is 6. The first-order valence-corrected chi connectivity index (χ1v) is 12.4. The first-order chi connectivity index (χ1) is 17.2. The Balaban J connectivity index is 1.31. The van der Waals surface area contributed by atoms with E-state index in [-0.39, 0.29) is 6.17 Å². The monoisotopic (exact) mass is 484 g/mol. The maximum Gasteiger partial charge on any atom is 0.182 e. The zero-order valence-corrected chi connectivity index (χ0v) is 20.6. The van der Waals surface area contributed by atoms with Gasteiger partial charge < -0.3 is 10.2 Å². The summed E-state index contributed by atoms with van der Waals surface area (Å²) in [4.78, 5) is 9.73. The van der Waals surface area contributed by atoms with Crippen LogP contribution in [-0.2, 0) is 6.42 Å². The Bertz CT molecular complexity index is 1240. The molecule has 0 amide bonds. The minimum Gasteiger partial charge on any atom is -0.369 e. The molecule has 1 fully saturated rings. The molecule has 178 valence electrons. The van der Waals surface area contributed by atoms with Crippen LogP contribution >= 0.6 is 11.6 Å². The Morgan fingerprint density at radius 2 is 1.57 bits per heavy atom. The number of halogens is 1. The van der Waals surface area contributed by atoms with Crippen LogP contribution in [0.4, 0.5) is 11.5 Å². The Labute approximate surface area is 211 Å². The van der Waals surface area contributed by atoms with Crippen LogP contribution in [0.25, 0.3) is 11.4 Å². The van der Waals surface area contributed by atoms with Crippen molar-refractivity contribution in [2.24, 2.45) is 0 Å². The standard InChI is InChI=1S/C28H29ClN6/c1-21(34-15-17-35(18-16-34)25-14-8-13-24(29)20-25)30-28-26(19-22-9-4-2-5-10-22)31-27(32-33-28)23-11-6-3-7-12-23/h2-14,20-21H,15-19H2,1H3,(H,30,33). The third-order valence-electron chi connectivity index (χ3n) is 6.39. The van der Waals surface area contributed by atoms with Crippen LogP contribution in [0.15, 0.2) is 84.9 Å². The van der Waals surface area contributed by atoms with Gasteiger partial charge in [-0.3, -0.25) is 4.90 Å². The van der Waals surface area contributed by atoms with E-state index in [4.69, 9.17) is 16.6 Å². The first-order valence-electron chi connectivity index (χ1n) is 12.0. The van der Waals surface area contributed by atoms with Gasteiger partial charge in [0.25, 0.3) is 0 Å². The number of rotatable bonds is 7. The molecule has 0 bridgehead atoms. The summed E-state index contributed by atoms with van der Waals surface area (Å²) in [6.07, 6.45) is 0.790. The number of hydrogen-bond donors (Lipinski definition) is 1. The quantitative estimate of drug-likeness (QED) is 0.381. The maximum atomic E-state index is 6.19. The second-order valence-corrected chi connectivity index (χ2v) is 9.22. The lowest BCUT2D eigenvalue weighted by Crippen LogP contribution is -2.51. The number of benzene rings is 3. The third-order valence-corrected chi connectivity index (χ3v) is 6.62. The second-order valence-electron chi connectivity index (χ2n) is 8.78. The lowest BCUT2D eigenvalue weighted by atomic mass is 10.1. The van der Waals surface area contributed by atoms with Gasteiger partial charge in [0.1, 0.15) is 0 Å². The van der Waals surface area contributed by atoms with Gasteiger partial charge in [-0.15, -0.1) is 10.2 Å². The molecular formula is C28H29ClN6. The van der Waals surface area contributed by atoms with Gasteiger partial charge in [0.2, 0.25) is 0 Å². The molecule has 0 aliphatic carbocycles. The van der Waals surface area contributed by atoms with Crippen molar-refractivity contribution in [2.75, 3.05) is 36.4 Å². The predicted molar refractivity (Wildman–Crippen MR) is 143 cm³/mol. The molecule has 1 saturated heterocycles. The second kappa shape index (κ2) is 10.8. The molecule has 4 aromatic rings. The Hall–Kier alpha value is -3.48. The molecule has 1 aromatic heterocycles. The summed E-state index contributed by atoms with van der Waals surface area (Å²) in [5, 5.41) is 13.4. The van der Waals surface area contributed by atoms with Crippen LogP contribution < -0.4 is 10.2 Å². The van der Waals surface area contributed by atoms with E-state index in [9.17, 15) is 0 Å². The van der Waals surface area contributed by atoms with Gasteiger partial charge in [0, 0.05) is 48.9 Å². The topological polar surface area (TPSA) is 57.2 Å². The van der Waals surface area contributed by atoms with Crippen molar-refractivity contribution >= 4 is 23.1 Å². The molecule has 1 atom stereocenters. The largest absolute Gasteiger partial charge is 0.369 e. The van der Waals surface area contributed by atoms with Crippen molar-refractivity contribution < 1.29 is 0 Å². The van der Waals surface area contributed by atoms with Crippen molar-refractivity contribution in [3.8, 4) is 11.4 Å². The number of anilines is 2. The van der Waals surface area contributed by atoms with Gasteiger partial charge in [-0.25, -0.2) is 4.98 Å². The highest BCUT2D eigenvalue weighted by Crippen LogP contribution is 2.23. The van der Waals surface area contributed by atoms with Gasteiger partial charge in [-0.1, -0.05) is 78.3 Å². The number of piperazine rings is 1. The summed E-state index contributed by atoms with van der Waals surface area (Å²) in [5.41, 5.74) is 4.23. The van der Waals surface area contributed by atoms with Gasteiger partial charge in [-0.2, -0.15) is 0 Å². The zero-order chi connectivity index (χ0) is 24.0. The Morgan fingerprint density at radius 1 is 0.857 bits per heavy atom. The highest BCUT2D eigenvalue weighted by molar-refractivity contribution is 6.30. The van der Waals surface area contributed by atoms with Gasteiger partial charge in [-0.05, 0) is 30.7 Å². The average Bonchev–Trinajstić information content (AvgIpc) is 2.91. The predicted octanol–water partition coefficient (Wildman–Crippen LogP) is 5.36. The van der Waals surface area contributed by atoms with Crippen LogP contribution in [0.2, 0.25) is 5.02 Å². The fraction of sp³-hybridized carbons (Fsp3) is 0.250. The molecule has 0 saturated carbocycles. The first kappa shape index (κ1) is 23.3. The van der Waals surface area contributed by atoms with Crippen molar-refractivity contribution in [3.63, 3.8) is 0 Å². The molecule has 0 spiro atoms. The minimum absolute atomic E-state index is 0.102. The Morgan fingerprint density at radius 3 is 2.29 bits per heavy atom. The summed E-state index contributed by atoms with van der Waals surface area (Å²) >= 11 is 6.19. The van der Waals surface area contributed by atoms with Crippen LogP contribution in [0.5, 0.6) is 0 Å². The van der Waals surface area contributed by atoms with Crippen molar-refractivity contribution in [2.45, 2.75) is 19.5 Å². The zero-order valence-electron chi connectivity index (χ0n) is 19.8. The van der Waals surface area contributed by atoms with E-state index in [1.54, 1.807) is 0 Å². The van der Waals surface area contributed by atoms with E-state index in [1.807, 2.05) is 54.6 Å². The molecule has 1 unspecified atom stereocenters. The SMILES string of the molecule is CC(Nc1nnc(-c2ccccc2)nc1Cc1ccccc1)N1CCN(c2cccc(Cl)c2)CC1. The lowest BCUT2D eigenvalue weighted by Gasteiger charge is -2.39. The smallest absolute Gasteiger partial charge is 0.182 e. The highest BCUT2D eigenvalue weighted by Gasteiger charge is 2.23. The summed E-state index contributed by atoms with van der Waals surface area (Å²) in [6, 6.07) is 28.4. The molecule has 2 heterocycles. The molecule has 5 rings (SSSR count).